The lowest BCUT2D eigenvalue weighted by atomic mass is 10.1. The first-order valence-corrected chi connectivity index (χ1v) is 8.02. The molecule has 2 aromatic carbocycles. The summed E-state index contributed by atoms with van der Waals surface area (Å²) in [6.45, 7) is 4.26. The molecule has 0 radical (unpaired) electrons. The van der Waals surface area contributed by atoms with Gasteiger partial charge < -0.3 is 5.32 Å². The molecule has 1 N–H and O–H groups in total. The van der Waals surface area contributed by atoms with E-state index in [9.17, 15) is 4.79 Å². The van der Waals surface area contributed by atoms with Gasteiger partial charge in [0, 0.05) is 10.9 Å². The third kappa shape index (κ3) is 3.76. The van der Waals surface area contributed by atoms with Crippen LogP contribution in [0.3, 0.4) is 0 Å². The molecule has 3 heteroatoms. The summed E-state index contributed by atoms with van der Waals surface area (Å²) in [7, 11) is 0. The van der Waals surface area contributed by atoms with Crippen LogP contribution >= 0.6 is 11.8 Å². The van der Waals surface area contributed by atoms with Gasteiger partial charge in [0.15, 0.2) is 0 Å². The van der Waals surface area contributed by atoms with E-state index in [0.29, 0.717) is 0 Å². The summed E-state index contributed by atoms with van der Waals surface area (Å²) in [6, 6.07) is 14.5. The third-order valence-corrected chi connectivity index (χ3v) is 4.28. The van der Waals surface area contributed by atoms with Crippen molar-refractivity contribution in [2.45, 2.75) is 44.0 Å². The number of amides is 1. The van der Waals surface area contributed by atoms with Crippen LogP contribution < -0.4 is 5.32 Å². The van der Waals surface area contributed by atoms with Crippen molar-refractivity contribution < 1.29 is 4.79 Å². The van der Waals surface area contributed by atoms with Gasteiger partial charge in [-0.1, -0.05) is 56.7 Å². The average Bonchev–Trinajstić information content (AvgIpc) is 2.47. The van der Waals surface area contributed by atoms with Crippen molar-refractivity contribution in [3.63, 3.8) is 0 Å². The molecule has 2 rings (SSSR count). The van der Waals surface area contributed by atoms with Crippen LogP contribution in [0.1, 0.15) is 33.1 Å². The molecule has 0 spiro atoms. The van der Waals surface area contributed by atoms with Crippen LogP contribution in [0, 0.1) is 0 Å². The van der Waals surface area contributed by atoms with E-state index in [1.54, 1.807) is 0 Å². The van der Waals surface area contributed by atoms with Crippen LogP contribution in [-0.2, 0) is 0 Å². The van der Waals surface area contributed by atoms with Crippen molar-refractivity contribution in [1.82, 2.24) is 5.32 Å². The standard InChI is InChI=1S/C17H21NOS/c1-3-8-14(4-2)18-17(19)20-16-12-7-10-13-9-5-6-11-15(13)16/h5-7,9-12,14H,3-4,8H2,1-2H3,(H,18,19). The Hall–Kier alpha value is -1.48. The number of hydrogen-bond acceptors (Lipinski definition) is 2. The van der Waals surface area contributed by atoms with Gasteiger partial charge in [-0.15, -0.1) is 0 Å². The fraction of sp³-hybridized carbons (Fsp3) is 0.353. The minimum absolute atomic E-state index is 0.0432. The molecule has 2 nitrogen and oxygen atoms in total. The predicted octanol–water partition coefficient (Wildman–Crippen LogP) is 5.22. The highest BCUT2D eigenvalue weighted by atomic mass is 32.2. The van der Waals surface area contributed by atoms with Crippen LogP contribution in [-0.4, -0.2) is 11.3 Å². The Labute approximate surface area is 125 Å². The Morgan fingerprint density at radius 2 is 1.90 bits per heavy atom. The maximum absolute atomic E-state index is 12.2. The van der Waals surface area contributed by atoms with Gasteiger partial charge in [-0.25, -0.2) is 0 Å². The van der Waals surface area contributed by atoms with Gasteiger partial charge in [0.25, 0.3) is 5.24 Å². The van der Waals surface area contributed by atoms with Crippen LogP contribution in [0.15, 0.2) is 47.4 Å². The van der Waals surface area contributed by atoms with Gasteiger partial charge >= 0.3 is 0 Å². The molecule has 20 heavy (non-hydrogen) atoms. The zero-order valence-electron chi connectivity index (χ0n) is 12.1. The monoisotopic (exact) mass is 287 g/mol. The van der Waals surface area contributed by atoms with Crippen LogP contribution in [0.25, 0.3) is 10.8 Å². The molecule has 0 bridgehead atoms. The molecular formula is C17H21NOS. The molecule has 0 heterocycles. The number of nitrogens with one attached hydrogen (secondary N) is 1. The number of hydrogen-bond donors (Lipinski definition) is 1. The van der Waals surface area contributed by atoms with Crippen molar-refractivity contribution in [1.29, 1.82) is 0 Å². The van der Waals surface area contributed by atoms with Crippen molar-refractivity contribution in [3.8, 4) is 0 Å². The van der Waals surface area contributed by atoms with Crippen LogP contribution in [0.5, 0.6) is 0 Å². The molecular weight excluding hydrogens is 266 g/mol. The highest BCUT2D eigenvalue weighted by molar-refractivity contribution is 8.13. The van der Waals surface area contributed by atoms with Gasteiger partial charge in [-0.2, -0.15) is 0 Å². The Morgan fingerprint density at radius 3 is 2.65 bits per heavy atom. The summed E-state index contributed by atoms with van der Waals surface area (Å²) in [5.74, 6) is 0. The van der Waals surface area contributed by atoms with Crippen molar-refractivity contribution in [2.75, 3.05) is 0 Å². The van der Waals surface area contributed by atoms with E-state index in [1.807, 2.05) is 24.3 Å². The van der Waals surface area contributed by atoms with Crippen LogP contribution in [0.2, 0.25) is 0 Å². The second-order valence-corrected chi connectivity index (χ2v) is 5.92. The molecule has 1 amide bonds. The lowest BCUT2D eigenvalue weighted by molar-refractivity contribution is 0.256. The first-order chi connectivity index (χ1) is 9.74. The van der Waals surface area contributed by atoms with E-state index in [0.717, 1.165) is 29.5 Å². The number of rotatable bonds is 5. The molecule has 106 valence electrons. The van der Waals surface area contributed by atoms with Gasteiger partial charge in [0.05, 0.1) is 0 Å². The highest BCUT2D eigenvalue weighted by Crippen LogP contribution is 2.28. The number of carbonyl (C=O) groups excluding carboxylic acids is 1. The van der Waals surface area contributed by atoms with Crippen molar-refractivity contribution >= 4 is 27.8 Å². The van der Waals surface area contributed by atoms with E-state index in [4.69, 9.17) is 0 Å². The highest BCUT2D eigenvalue weighted by Gasteiger charge is 2.12. The quantitative estimate of drug-likeness (QED) is 0.764. The SMILES string of the molecule is CCCC(CC)NC(=O)Sc1cccc2ccccc12. The molecule has 0 aliphatic rings. The van der Waals surface area contributed by atoms with Crippen molar-refractivity contribution in [2.24, 2.45) is 0 Å². The molecule has 0 aliphatic heterocycles. The van der Waals surface area contributed by atoms with Gasteiger partial charge in [0.1, 0.15) is 0 Å². The third-order valence-electron chi connectivity index (χ3n) is 3.40. The lowest BCUT2D eigenvalue weighted by Crippen LogP contribution is -2.31. The maximum Gasteiger partial charge on any atom is 0.284 e. The molecule has 0 saturated carbocycles. The predicted molar refractivity (Wildman–Crippen MR) is 87.3 cm³/mol. The van der Waals surface area contributed by atoms with E-state index >= 15 is 0 Å². The fourth-order valence-electron chi connectivity index (χ4n) is 2.31. The molecule has 0 fully saturated rings. The van der Waals surface area contributed by atoms with Crippen molar-refractivity contribution in [3.05, 3.63) is 42.5 Å². The Bertz CT molecular complexity index is 577. The number of benzene rings is 2. The van der Waals surface area contributed by atoms with Gasteiger partial charge in [-0.3, -0.25) is 4.79 Å². The fourth-order valence-corrected chi connectivity index (χ4v) is 3.18. The second-order valence-electron chi connectivity index (χ2n) is 4.90. The minimum Gasteiger partial charge on any atom is -0.344 e. The first kappa shape index (κ1) is 14.9. The smallest absolute Gasteiger partial charge is 0.284 e. The first-order valence-electron chi connectivity index (χ1n) is 7.20. The van der Waals surface area contributed by atoms with E-state index in [-0.39, 0.29) is 11.3 Å². The Morgan fingerprint density at radius 1 is 1.15 bits per heavy atom. The summed E-state index contributed by atoms with van der Waals surface area (Å²) < 4.78 is 0. The average molecular weight is 287 g/mol. The van der Waals surface area contributed by atoms with Gasteiger partial charge in [0.2, 0.25) is 0 Å². The molecule has 0 aromatic heterocycles. The van der Waals surface area contributed by atoms with E-state index in [1.165, 1.54) is 17.1 Å². The Balaban J connectivity index is 2.10. The molecule has 1 unspecified atom stereocenters. The van der Waals surface area contributed by atoms with Crippen LogP contribution in [0.4, 0.5) is 4.79 Å². The lowest BCUT2D eigenvalue weighted by Gasteiger charge is -2.15. The summed E-state index contributed by atoms with van der Waals surface area (Å²) in [5, 5.41) is 5.46. The summed E-state index contributed by atoms with van der Waals surface area (Å²) in [5.41, 5.74) is 0. The normalized spacial score (nSPS) is 12.3. The molecule has 2 aromatic rings. The molecule has 0 aliphatic carbocycles. The topological polar surface area (TPSA) is 29.1 Å². The second kappa shape index (κ2) is 7.34. The largest absolute Gasteiger partial charge is 0.344 e. The number of carbonyl (C=O) groups is 1. The zero-order chi connectivity index (χ0) is 14.4. The summed E-state index contributed by atoms with van der Waals surface area (Å²) in [4.78, 5) is 13.2. The van der Waals surface area contributed by atoms with E-state index in [2.05, 4.69) is 37.4 Å². The van der Waals surface area contributed by atoms with E-state index < -0.39 is 0 Å². The number of fused-ring (bicyclic) bond motifs is 1. The molecule has 0 saturated heterocycles. The maximum atomic E-state index is 12.2. The van der Waals surface area contributed by atoms with Gasteiger partial charge in [-0.05, 0) is 41.4 Å². The zero-order valence-corrected chi connectivity index (χ0v) is 12.9. The summed E-state index contributed by atoms with van der Waals surface area (Å²) >= 11 is 1.29. The summed E-state index contributed by atoms with van der Waals surface area (Å²) in [6.07, 6.45) is 3.12. The molecule has 1 atom stereocenters. The Kier molecular flexibility index (Phi) is 5.48. The number of thioether (sulfide) groups is 1. The minimum atomic E-state index is 0.0432.